The number of thiazole rings is 1. The van der Waals surface area contributed by atoms with Crippen LogP contribution in [0, 0.1) is 11.8 Å². The molecule has 0 unspecified atom stereocenters. The van der Waals surface area contributed by atoms with Crippen LogP contribution in [0.25, 0.3) is 21.7 Å². The average molecular weight is 434 g/mol. The molecular weight excluding hydrogens is 406 g/mol. The van der Waals surface area contributed by atoms with Crippen LogP contribution in [0.5, 0.6) is 0 Å². The van der Waals surface area contributed by atoms with Crippen molar-refractivity contribution in [3.05, 3.63) is 60.7 Å². The van der Waals surface area contributed by atoms with Crippen molar-refractivity contribution in [2.75, 3.05) is 18.4 Å². The zero-order chi connectivity index (χ0) is 21.8. The van der Waals surface area contributed by atoms with Gasteiger partial charge in [0.25, 0.3) is 0 Å². The van der Waals surface area contributed by atoms with Crippen molar-refractivity contribution < 1.29 is 9.59 Å². The average Bonchev–Trinajstić information content (AvgIpc) is 3.23. The van der Waals surface area contributed by atoms with Gasteiger partial charge < -0.3 is 10.2 Å². The first-order valence-corrected chi connectivity index (χ1v) is 11.6. The van der Waals surface area contributed by atoms with Gasteiger partial charge in [-0.25, -0.2) is 4.98 Å². The number of carbonyl (C=O) groups excluding carboxylic acids is 2. The molecular formula is C25H27N3O2S. The first-order chi connectivity index (χ1) is 15.0. The minimum absolute atomic E-state index is 0.00601. The molecule has 0 spiro atoms. The number of anilines is 1. The summed E-state index contributed by atoms with van der Waals surface area (Å²) in [4.78, 5) is 32.8. The van der Waals surface area contributed by atoms with Gasteiger partial charge in [-0.3, -0.25) is 9.59 Å². The smallest absolute Gasteiger partial charge is 0.229 e. The summed E-state index contributed by atoms with van der Waals surface area (Å²) in [6.07, 6.45) is 1.37. The first-order valence-electron chi connectivity index (χ1n) is 10.7. The Hall–Kier alpha value is -2.99. The van der Waals surface area contributed by atoms with Gasteiger partial charge in [0.05, 0.1) is 10.6 Å². The molecule has 1 aliphatic rings. The second-order valence-corrected chi connectivity index (χ2v) is 9.17. The maximum atomic E-state index is 12.9. The van der Waals surface area contributed by atoms with Crippen LogP contribution in [0.15, 0.2) is 60.7 Å². The molecule has 1 fully saturated rings. The van der Waals surface area contributed by atoms with Gasteiger partial charge >= 0.3 is 0 Å². The van der Waals surface area contributed by atoms with E-state index in [2.05, 4.69) is 17.4 Å². The number of hydrogen-bond acceptors (Lipinski definition) is 4. The predicted molar refractivity (Wildman–Crippen MR) is 126 cm³/mol. The van der Waals surface area contributed by atoms with Crippen LogP contribution < -0.4 is 5.32 Å². The van der Waals surface area contributed by atoms with E-state index < -0.39 is 0 Å². The number of likely N-dealkylation sites (tertiary alicyclic amines) is 1. The fraction of sp³-hybridized carbons (Fsp3) is 0.320. The standard InChI is InChI=1S/C25H27N3O2S/c1-17(2)24(30)28-15-13-20(14-16-28)23(29)27-25-26-21(18-9-5-3-6-10-18)22(31-25)19-11-7-4-8-12-19/h3-12,17,20H,13-16H2,1-2H3,(H,26,27,29). The Balaban J connectivity index is 1.51. The number of piperidine rings is 1. The van der Waals surface area contributed by atoms with E-state index in [4.69, 9.17) is 4.98 Å². The molecule has 2 amide bonds. The third-order valence-corrected chi connectivity index (χ3v) is 6.63. The van der Waals surface area contributed by atoms with Crippen molar-refractivity contribution in [3.63, 3.8) is 0 Å². The molecule has 0 atom stereocenters. The molecule has 0 bridgehead atoms. The molecule has 0 radical (unpaired) electrons. The van der Waals surface area contributed by atoms with Gasteiger partial charge in [-0.1, -0.05) is 85.8 Å². The Morgan fingerprint density at radius 2 is 1.55 bits per heavy atom. The predicted octanol–water partition coefficient (Wildman–Crippen LogP) is 5.31. The molecule has 1 aliphatic heterocycles. The maximum Gasteiger partial charge on any atom is 0.229 e. The lowest BCUT2D eigenvalue weighted by molar-refractivity contribution is -0.137. The molecule has 1 aromatic heterocycles. The minimum atomic E-state index is -0.0968. The first kappa shape index (κ1) is 21.2. The number of aromatic nitrogens is 1. The van der Waals surface area contributed by atoms with Gasteiger partial charge in [0.2, 0.25) is 11.8 Å². The summed E-state index contributed by atoms with van der Waals surface area (Å²) >= 11 is 1.50. The van der Waals surface area contributed by atoms with E-state index in [0.717, 1.165) is 21.7 Å². The van der Waals surface area contributed by atoms with E-state index in [1.54, 1.807) is 0 Å². The number of nitrogens with one attached hydrogen (secondary N) is 1. The quantitative estimate of drug-likeness (QED) is 0.593. The van der Waals surface area contributed by atoms with Crippen LogP contribution in [0.2, 0.25) is 0 Å². The summed E-state index contributed by atoms with van der Waals surface area (Å²) in [5, 5.41) is 3.66. The molecule has 160 valence electrons. The zero-order valence-corrected chi connectivity index (χ0v) is 18.7. The second kappa shape index (κ2) is 9.43. The van der Waals surface area contributed by atoms with E-state index in [1.165, 1.54) is 11.3 Å². The van der Waals surface area contributed by atoms with Gasteiger partial charge in [0, 0.05) is 30.5 Å². The Morgan fingerprint density at radius 1 is 0.968 bits per heavy atom. The highest BCUT2D eigenvalue weighted by Crippen LogP contribution is 2.39. The number of carbonyl (C=O) groups is 2. The van der Waals surface area contributed by atoms with Gasteiger partial charge in [-0.15, -0.1) is 0 Å². The summed E-state index contributed by atoms with van der Waals surface area (Å²) in [6, 6.07) is 20.2. The highest BCUT2D eigenvalue weighted by molar-refractivity contribution is 7.19. The molecule has 31 heavy (non-hydrogen) atoms. The number of rotatable bonds is 5. The number of benzene rings is 2. The Labute approximate surface area is 187 Å². The van der Waals surface area contributed by atoms with Crippen LogP contribution in [0.4, 0.5) is 5.13 Å². The topological polar surface area (TPSA) is 62.3 Å². The normalized spacial score (nSPS) is 14.6. The highest BCUT2D eigenvalue weighted by Gasteiger charge is 2.29. The van der Waals surface area contributed by atoms with E-state index in [0.29, 0.717) is 31.1 Å². The molecule has 2 aromatic carbocycles. The lowest BCUT2D eigenvalue weighted by Gasteiger charge is -2.32. The second-order valence-electron chi connectivity index (χ2n) is 8.17. The SMILES string of the molecule is CC(C)C(=O)N1CCC(C(=O)Nc2nc(-c3ccccc3)c(-c3ccccc3)s2)CC1. The van der Waals surface area contributed by atoms with E-state index >= 15 is 0 Å². The van der Waals surface area contributed by atoms with Crippen molar-refractivity contribution in [1.82, 2.24) is 9.88 Å². The number of nitrogens with zero attached hydrogens (tertiary/aromatic N) is 2. The van der Waals surface area contributed by atoms with Gasteiger partial charge in [0.15, 0.2) is 5.13 Å². The number of amides is 2. The third kappa shape index (κ3) is 4.85. The summed E-state index contributed by atoms with van der Waals surface area (Å²) in [5.74, 6) is 0.0531. The van der Waals surface area contributed by atoms with Gasteiger partial charge in [-0.05, 0) is 18.4 Å². The van der Waals surface area contributed by atoms with Crippen molar-refractivity contribution in [2.45, 2.75) is 26.7 Å². The van der Waals surface area contributed by atoms with Gasteiger partial charge in [-0.2, -0.15) is 0 Å². The molecule has 5 nitrogen and oxygen atoms in total. The lowest BCUT2D eigenvalue weighted by atomic mass is 9.95. The summed E-state index contributed by atoms with van der Waals surface area (Å²) < 4.78 is 0. The van der Waals surface area contributed by atoms with Crippen molar-refractivity contribution in [3.8, 4) is 21.7 Å². The summed E-state index contributed by atoms with van der Waals surface area (Å²) in [6.45, 7) is 5.10. The molecule has 2 heterocycles. The van der Waals surface area contributed by atoms with Crippen LogP contribution >= 0.6 is 11.3 Å². The third-order valence-electron chi connectivity index (χ3n) is 5.61. The monoisotopic (exact) mass is 433 g/mol. The Kier molecular flexibility index (Phi) is 6.47. The van der Waals surface area contributed by atoms with Crippen molar-refractivity contribution >= 4 is 28.3 Å². The molecule has 6 heteroatoms. The highest BCUT2D eigenvalue weighted by atomic mass is 32.1. The Bertz CT molecular complexity index is 982. The van der Waals surface area contributed by atoms with Crippen molar-refractivity contribution in [2.24, 2.45) is 11.8 Å². The summed E-state index contributed by atoms with van der Waals surface area (Å²) in [5.41, 5.74) is 2.99. The van der Waals surface area contributed by atoms with Crippen molar-refractivity contribution in [1.29, 1.82) is 0 Å². The van der Waals surface area contributed by atoms with E-state index in [-0.39, 0.29) is 23.7 Å². The molecule has 1 saturated heterocycles. The maximum absolute atomic E-state index is 12.9. The molecule has 4 rings (SSSR count). The van der Waals surface area contributed by atoms with Gasteiger partial charge in [0.1, 0.15) is 0 Å². The van der Waals surface area contributed by atoms with E-state index in [1.807, 2.05) is 67.3 Å². The zero-order valence-electron chi connectivity index (χ0n) is 17.9. The molecule has 3 aromatic rings. The minimum Gasteiger partial charge on any atom is -0.342 e. The molecule has 0 aliphatic carbocycles. The number of hydrogen-bond donors (Lipinski definition) is 1. The van der Waals surface area contributed by atoms with Crippen LogP contribution in [0.1, 0.15) is 26.7 Å². The lowest BCUT2D eigenvalue weighted by Crippen LogP contribution is -2.43. The molecule has 1 N–H and O–H groups in total. The fourth-order valence-corrected chi connectivity index (χ4v) is 4.88. The van der Waals surface area contributed by atoms with E-state index in [9.17, 15) is 9.59 Å². The van der Waals surface area contributed by atoms with Crippen LogP contribution in [-0.4, -0.2) is 34.8 Å². The Morgan fingerprint density at radius 3 is 2.13 bits per heavy atom. The molecule has 0 saturated carbocycles. The summed E-state index contributed by atoms with van der Waals surface area (Å²) in [7, 11) is 0. The van der Waals surface area contributed by atoms with Crippen LogP contribution in [0.3, 0.4) is 0 Å². The fourth-order valence-electron chi connectivity index (χ4n) is 3.89. The largest absolute Gasteiger partial charge is 0.342 e. The van der Waals surface area contributed by atoms with Crippen LogP contribution in [-0.2, 0) is 9.59 Å².